The normalized spacial score (nSPS) is 21.3. The van der Waals surface area contributed by atoms with E-state index in [2.05, 4.69) is 14.8 Å². The topological polar surface area (TPSA) is 58.4 Å². The SMILES string of the molecule is CCS(=O)(=O)c1ncc(CN2CCC[C@@H](CN3CCCC3)C2)n1Cc1ccccc1. The molecule has 0 N–H and O–H groups in total. The lowest BCUT2D eigenvalue weighted by atomic mass is 9.97. The van der Waals surface area contributed by atoms with Crippen LogP contribution in [-0.4, -0.2) is 66.2 Å². The Morgan fingerprint density at radius 2 is 1.73 bits per heavy atom. The van der Waals surface area contributed by atoms with Crippen molar-refractivity contribution < 1.29 is 8.42 Å². The number of piperidine rings is 1. The summed E-state index contributed by atoms with van der Waals surface area (Å²) < 4.78 is 27.2. The van der Waals surface area contributed by atoms with E-state index >= 15 is 0 Å². The van der Waals surface area contributed by atoms with Gasteiger partial charge in [-0.1, -0.05) is 37.3 Å². The highest BCUT2D eigenvalue weighted by Gasteiger charge is 2.26. The minimum absolute atomic E-state index is 0.0693. The first kappa shape index (κ1) is 21.5. The van der Waals surface area contributed by atoms with E-state index in [9.17, 15) is 8.42 Å². The number of nitrogens with zero attached hydrogens (tertiary/aromatic N) is 4. The Balaban J connectivity index is 1.51. The molecule has 0 unspecified atom stereocenters. The molecule has 0 bridgehead atoms. The van der Waals surface area contributed by atoms with Crippen LogP contribution < -0.4 is 0 Å². The van der Waals surface area contributed by atoms with Crippen LogP contribution in [0.1, 0.15) is 43.9 Å². The van der Waals surface area contributed by atoms with E-state index < -0.39 is 9.84 Å². The predicted molar refractivity (Wildman–Crippen MR) is 119 cm³/mol. The van der Waals surface area contributed by atoms with Gasteiger partial charge in [-0.3, -0.25) is 4.90 Å². The van der Waals surface area contributed by atoms with Crippen LogP contribution in [0.15, 0.2) is 41.7 Å². The summed E-state index contributed by atoms with van der Waals surface area (Å²) in [6, 6.07) is 10.1. The Bertz CT molecular complexity index is 920. The van der Waals surface area contributed by atoms with Gasteiger partial charge in [0.25, 0.3) is 0 Å². The van der Waals surface area contributed by atoms with Crippen LogP contribution in [-0.2, 0) is 22.9 Å². The number of likely N-dealkylation sites (tertiary alicyclic amines) is 2. The van der Waals surface area contributed by atoms with Crippen LogP contribution >= 0.6 is 0 Å². The van der Waals surface area contributed by atoms with Crippen LogP contribution in [0.4, 0.5) is 0 Å². The van der Waals surface area contributed by atoms with Crippen molar-refractivity contribution in [3.05, 3.63) is 47.8 Å². The van der Waals surface area contributed by atoms with Gasteiger partial charge >= 0.3 is 0 Å². The Kier molecular flexibility index (Phi) is 6.91. The Labute approximate surface area is 180 Å². The summed E-state index contributed by atoms with van der Waals surface area (Å²) in [4.78, 5) is 9.46. The largest absolute Gasteiger partial charge is 0.313 e. The third-order valence-electron chi connectivity index (χ3n) is 6.45. The van der Waals surface area contributed by atoms with Crippen LogP contribution in [0.3, 0.4) is 0 Å². The molecule has 3 heterocycles. The second-order valence-electron chi connectivity index (χ2n) is 8.76. The van der Waals surface area contributed by atoms with E-state index in [0.29, 0.717) is 12.5 Å². The number of aromatic nitrogens is 2. The quantitative estimate of drug-likeness (QED) is 0.644. The highest BCUT2D eigenvalue weighted by atomic mass is 32.2. The standard InChI is InChI=1S/C23H34N4O2S/c1-2-30(28,29)23-24-15-22(27(23)18-20-9-4-3-5-10-20)19-26-14-8-11-21(17-26)16-25-12-6-7-13-25/h3-5,9-10,15,21H,2,6-8,11-14,16-19H2,1H3/t21-/m0/s1. The molecule has 30 heavy (non-hydrogen) atoms. The smallest absolute Gasteiger partial charge is 0.228 e. The van der Waals surface area contributed by atoms with Crippen molar-refractivity contribution in [1.29, 1.82) is 0 Å². The van der Waals surface area contributed by atoms with Gasteiger partial charge in [0.05, 0.1) is 24.2 Å². The van der Waals surface area contributed by atoms with E-state index in [4.69, 9.17) is 0 Å². The molecule has 1 atom stereocenters. The zero-order chi connectivity index (χ0) is 21.0. The summed E-state index contributed by atoms with van der Waals surface area (Å²) in [5.41, 5.74) is 2.09. The molecule has 0 spiro atoms. The second-order valence-corrected chi connectivity index (χ2v) is 10.9. The summed E-state index contributed by atoms with van der Waals surface area (Å²) >= 11 is 0. The van der Waals surface area contributed by atoms with Crippen molar-refractivity contribution in [1.82, 2.24) is 19.4 Å². The molecule has 4 rings (SSSR count). The van der Waals surface area contributed by atoms with E-state index in [1.54, 1.807) is 13.1 Å². The molecule has 0 saturated carbocycles. The molecule has 0 amide bonds. The fourth-order valence-corrected chi connectivity index (χ4v) is 5.82. The van der Waals surface area contributed by atoms with Gasteiger partial charge in [0.15, 0.2) is 0 Å². The monoisotopic (exact) mass is 430 g/mol. The minimum Gasteiger partial charge on any atom is -0.313 e. The molecular formula is C23H34N4O2S. The van der Waals surface area contributed by atoms with Crippen LogP contribution in [0.2, 0.25) is 0 Å². The van der Waals surface area contributed by atoms with Gasteiger partial charge < -0.3 is 9.47 Å². The van der Waals surface area contributed by atoms with Crippen molar-refractivity contribution >= 4 is 9.84 Å². The van der Waals surface area contributed by atoms with Crippen LogP contribution in [0.5, 0.6) is 0 Å². The fraction of sp³-hybridized carbons (Fsp3) is 0.609. The van der Waals surface area contributed by atoms with Gasteiger partial charge in [0.1, 0.15) is 0 Å². The maximum atomic E-state index is 12.7. The molecule has 2 aliphatic heterocycles. The van der Waals surface area contributed by atoms with Gasteiger partial charge in [-0.05, 0) is 56.8 Å². The molecule has 2 fully saturated rings. The first-order chi connectivity index (χ1) is 14.5. The Morgan fingerprint density at radius 3 is 2.47 bits per heavy atom. The maximum absolute atomic E-state index is 12.7. The van der Waals surface area contributed by atoms with Crippen LogP contribution in [0.25, 0.3) is 0 Å². The van der Waals surface area contributed by atoms with Gasteiger partial charge in [-0.15, -0.1) is 0 Å². The number of imidazole rings is 1. The summed E-state index contributed by atoms with van der Waals surface area (Å²) in [6.07, 6.45) is 6.96. The zero-order valence-corrected chi connectivity index (χ0v) is 18.9. The fourth-order valence-electron chi connectivity index (χ4n) is 4.83. The highest BCUT2D eigenvalue weighted by Crippen LogP contribution is 2.23. The summed E-state index contributed by atoms with van der Waals surface area (Å²) in [5.74, 6) is 0.779. The summed E-state index contributed by atoms with van der Waals surface area (Å²) in [6.45, 7) is 8.84. The Morgan fingerprint density at radius 1 is 1.00 bits per heavy atom. The summed E-state index contributed by atoms with van der Waals surface area (Å²) in [7, 11) is -3.37. The van der Waals surface area contributed by atoms with E-state index in [1.165, 1.54) is 45.3 Å². The highest BCUT2D eigenvalue weighted by molar-refractivity contribution is 7.91. The lowest BCUT2D eigenvalue weighted by Crippen LogP contribution is -2.40. The lowest BCUT2D eigenvalue weighted by Gasteiger charge is -2.34. The number of rotatable bonds is 8. The van der Waals surface area contributed by atoms with Gasteiger partial charge in [-0.25, -0.2) is 13.4 Å². The molecule has 0 aliphatic carbocycles. The van der Waals surface area contributed by atoms with Crippen molar-refractivity contribution in [3.63, 3.8) is 0 Å². The molecule has 7 heteroatoms. The third-order valence-corrected chi connectivity index (χ3v) is 8.09. The first-order valence-electron chi connectivity index (χ1n) is 11.3. The Hall–Kier alpha value is -1.70. The van der Waals surface area contributed by atoms with E-state index in [1.807, 2.05) is 34.9 Å². The summed E-state index contributed by atoms with van der Waals surface area (Å²) in [5, 5.41) is 0.203. The molecule has 1 aromatic carbocycles. The average Bonchev–Trinajstić information content (AvgIpc) is 3.40. The molecular weight excluding hydrogens is 396 g/mol. The van der Waals surface area contributed by atoms with Gasteiger partial charge in [0.2, 0.25) is 15.0 Å². The predicted octanol–water partition coefficient (Wildman–Crippen LogP) is 3.03. The van der Waals surface area contributed by atoms with Crippen molar-refractivity contribution in [2.75, 3.05) is 38.5 Å². The molecule has 164 valence electrons. The molecule has 2 saturated heterocycles. The lowest BCUT2D eigenvalue weighted by molar-refractivity contribution is 0.135. The average molecular weight is 431 g/mol. The van der Waals surface area contributed by atoms with Crippen LogP contribution in [0, 0.1) is 5.92 Å². The molecule has 6 nitrogen and oxygen atoms in total. The molecule has 2 aliphatic rings. The number of sulfone groups is 1. The zero-order valence-electron chi connectivity index (χ0n) is 18.0. The van der Waals surface area contributed by atoms with Gasteiger partial charge in [-0.2, -0.15) is 0 Å². The number of hydrogen-bond donors (Lipinski definition) is 0. The molecule has 0 radical (unpaired) electrons. The van der Waals surface area contributed by atoms with E-state index in [0.717, 1.165) is 30.9 Å². The van der Waals surface area contributed by atoms with Crippen molar-refractivity contribution in [3.8, 4) is 0 Å². The number of benzene rings is 1. The second kappa shape index (κ2) is 9.62. The minimum atomic E-state index is -3.37. The van der Waals surface area contributed by atoms with Gasteiger partial charge in [0, 0.05) is 19.6 Å². The number of hydrogen-bond acceptors (Lipinski definition) is 5. The van der Waals surface area contributed by atoms with E-state index in [-0.39, 0.29) is 10.9 Å². The maximum Gasteiger partial charge on any atom is 0.228 e. The van der Waals surface area contributed by atoms with Crippen molar-refractivity contribution in [2.24, 2.45) is 5.92 Å². The molecule has 2 aromatic rings. The third kappa shape index (κ3) is 5.13. The molecule has 1 aromatic heterocycles. The van der Waals surface area contributed by atoms with Crippen molar-refractivity contribution in [2.45, 2.75) is 50.9 Å². The first-order valence-corrected chi connectivity index (χ1v) is 13.0.